The van der Waals surface area contributed by atoms with E-state index in [-0.39, 0.29) is 0 Å². The zero-order chi connectivity index (χ0) is 13.9. The van der Waals surface area contributed by atoms with Crippen LogP contribution in [0.15, 0.2) is 29.6 Å². The second kappa shape index (κ2) is 6.29. The molecule has 2 nitrogen and oxygen atoms in total. The Morgan fingerprint density at radius 3 is 2.70 bits per heavy atom. The van der Waals surface area contributed by atoms with Crippen LogP contribution in [0.25, 0.3) is 11.3 Å². The lowest BCUT2D eigenvalue weighted by molar-refractivity contribution is 0.592. The maximum absolute atomic E-state index is 4.82. The molecule has 0 amide bonds. The summed E-state index contributed by atoms with van der Waals surface area (Å²) in [5.41, 5.74) is 3.72. The normalized spacial score (nSPS) is 19.4. The van der Waals surface area contributed by atoms with Crippen LogP contribution >= 0.6 is 23.1 Å². The predicted octanol–water partition coefficient (Wildman–Crippen LogP) is 4.31. The highest BCUT2D eigenvalue weighted by molar-refractivity contribution is 7.99. The highest BCUT2D eigenvalue weighted by atomic mass is 32.2. The number of thioether (sulfide) groups is 1. The minimum atomic E-state index is 0.433. The molecule has 0 saturated carbocycles. The van der Waals surface area contributed by atoms with E-state index in [1.165, 1.54) is 21.9 Å². The molecule has 1 aliphatic heterocycles. The molecule has 1 aromatic carbocycles. The summed E-state index contributed by atoms with van der Waals surface area (Å²) < 4.78 is 0. The second-order valence-electron chi connectivity index (χ2n) is 5.43. The Morgan fingerprint density at radius 1 is 1.25 bits per heavy atom. The molecule has 106 valence electrons. The molecule has 0 radical (unpaired) electrons. The van der Waals surface area contributed by atoms with Crippen LogP contribution in [0.4, 0.5) is 0 Å². The molecular formula is C16H20N2S2. The van der Waals surface area contributed by atoms with E-state index in [0.717, 1.165) is 18.0 Å². The molecule has 1 aromatic heterocycles. The number of aromatic nitrogens is 1. The van der Waals surface area contributed by atoms with Gasteiger partial charge in [-0.15, -0.1) is 11.3 Å². The molecule has 1 aliphatic rings. The van der Waals surface area contributed by atoms with Crippen molar-refractivity contribution in [2.75, 3.05) is 18.1 Å². The summed E-state index contributed by atoms with van der Waals surface area (Å²) in [6, 6.07) is 9.25. The molecule has 4 heteroatoms. The van der Waals surface area contributed by atoms with E-state index in [2.05, 4.69) is 48.8 Å². The van der Waals surface area contributed by atoms with Gasteiger partial charge in [0.2, 0.25) is 0 Å². The standard InChI is InChI=1S/C16H20N2S2/c1-11(2)12-3-5-13(6-4-12)14-10-20-16(18-14)15-9-19-8-7-17-15/h3-6,10-11,15,17H,7-9H2,1-2H3. The van der Waals surface area contributed by atoms with Crippen molar-refractivity contribution in [2.45, 2.75) is 25.8 Å². The molecule has 20 heavy (non-hydrogen) atoms. The quantitative estimate of drug-likeness (QED) is 0.914. The number of thiazole rings is 1. The first-order valence-electron chi connectivity index (χ1n) is 7.11. The Hall–Kier alpha value is -0.840. The molecule has 0 aliphatic carbocycles. The average Bonchev–Trinajstić information content (AvgIpc) is 2.98. The van der Waals surface area contributed by atoms with E-state index in [1.807, 2.05) is 11.8 Å². The van der Waals surface area contributed by atoms with Gasteiger partial charge >= 0.3 is 0 Å². The van der Waals surface area contributed by atoms with Gasteiger partial charge < -0.3 is 5.32 Å². The van der Waals surface area contributed by atoms with E-state index in [1.54, 1.807) is 11.3 Å². The number of benzene rings is 1. The van der Waals surface area contributed by atoms with Crippen LogP contribution in [0, 0.1) is 0 Å². The van der Waals surface area contributed by atoms with Crippen molar-refractivity contribution < 1.29 is 0 Å². The molecule has 0 spiro atoms. The largest absolute Gasteiger partial charge is 0.306 e. The van der Waals surface area contributed by atoms with Crippen molar-refractivity contribution in [3.05, 3.63) is 40.2 Å². The van der Waals surface area contributed by atoms with Gasteiger partial charge in [0, 0.05) is 29.0 Å². The first kappa shape index (κ1) is 14.1. The van der Waals surface area contributed by atoms with E-state index in [0.29, 0.717) is 12.0 Å². The topological polar surface area (TPSA) is 24.9 Å². The number of nitrogens with zero attached hydrogens (tertiary/aromatic N) is 1. The number of rotatable bonds is 3. The molecule has 1 atom stereocenters. The number of hydrogen-bond donors (Lipinski definition) is 1. The van der Waals surface area contributed by atoms with Crippen molar-refractivity contribution >= 4 is 23.1 Å². The highest BCUT2D eigenvalue weighted by Gasteiger charge is 2.18. The molecule has 1 unspecified atom stereocenters. The minimum absolute atomic E-state index is 0.433. The van der Waals surface area contributed by atoms with Gasteiger partial charge in [0.15, 0.2) is 0 Å². The second-order valence-corrected chi connectivity index (χ2v) is 7.47. The van der Waals surface area contributed by atoms with Gasteiger partial charge in [-0.3, -0.25) is 0 Å². The van der Waals surface area contributed by atoms with Gasteiger partial charge in [-0.2, -0.15) is 11.8 Å². The molecule has 2 aromatic rings. The first-order chi connectivity index (χ1) is 9.74. The van der Waals surface area contributed by atoms with Crippen molar-refractivity contribution in [1.82, 2.24) is 10.3 Å². The summed E-state index contributed by atoms with van der Waals surface area (Å²) in [5.74, 6) is 2.93. The number of nitrogens with one attached hydrogen (secondary N) is 1. The Morgan fingerprint density at radius 2 is 2.05 bits per heavy atom. The van der Waals surface area contributed by atoms with E-state index in [9.17, 15) is 0 Å². The summed E-state index contributed by atoms with van der Waals surface area (Å²) in [7, 11) is 0. The lowest BCUT2D eigenvalue weighted by Crippen LogP contribution is -2.30. The van der Waals surface area contributed by atoms with Gasteiger partial charge in [-0.1, -0.05) is 38.1 Å². The number of hydrogen-bond acceptors (Lipinski definition) is 4. The van der Waals surface area contributed by atoms with Gasteiger partial charge in [0.25, 0.3) is 0 Å². The van der Waals surface area contributed by atoms with E-state index >= 15 is 0 Å². The van der Waals surface area contributed by atoms with Crippen LogP contribution in [0.1, 0.15) is 36.4 Å². The van der Waals surface area contributed by atoms with Crippen LogP contribution in [-0.4, -0.2) is 23.0 Å². The van der Waals surface area contributed by atoms with Crippen LogP contribution in [0.3, 0.4) is 0 Å². The first-order valence-corrected chi connectivity index (χ1v) is 9.14. The molecular weight excluding hydrogens is 284 g/mol. The molecule has 0 bridgehead atoms. The maximum atomic E-state index is 4.82. The fourth-order valence-corrected chi connectivity index (χ4v) is 4.29. The Balaban J connectivity index is 1.78. The van der Waals surface area contributed by atoms with Crippen molar-refractivity contribution in [1.29, 1.82) is 0 Å². The van der Waals surface area contributed by atoms with Crippen molar-refractivity contribution in [2.24, 2.45) is 0 Å². The van der Waals surface area contributed by atoms with Gasteiger partial charge in [0.05, 0.1) is 11.7 Å². The lowest BCUT2D eigenvalue weighted by atomic mass is 10.0. The highest BCUT2D eigenvalue weighted by Crippen LogP contribution is 2.29. The monoisotopic (exact) mass is 304 g/mol. The van der Waals surface area contributed by atoms with Crippen LogP contribution in [0.5, 0.6) is 0 Å². The third-order valence-electron chi connectivity index (χ3n) is 3.61. The molecule has 2 heterocycles. The van der Waals surface area contributed by atoms with Gasteiger partial charge in [0.1, 0.15) is 5.01 Å². The zero-order valence-electron chi connectivity index (χ0n) is 11.9. The average molecular weight is 304 g/mol. The molecule has 3 rings (SSSR count). The maximum Gasteiger partial charge on any atom is 0.111 e. The van der Waals surface area contributed by atoms with Gasteiger partial charge in [-0.05, 0) is 11.5 Å². The zero-order valence-corrected chi connectivity index (χ0v) is 13.6. The summed E-state index contributed by atoms with van der Waals surface area (Å²) in [6.07, 6.45) is 0. The minimum Gasteiger partial charge on any atom is -0.306 e. The fourth-order valence-electron chi connectivity index (χ4n) is 2.34. The van der Waals surface area contributed by atoms with E-state index < -0.39 is 0 Å². The van der Waals surface area contributed by atoms with E-state index in [4.69, 9.17) is 4.98 Å². The summed E-state index contributed by atoms with van der Waals surface area (Å²) in [5, 5.41) is 6.95. The van der Waals surface area contributed by atoms with Crippen molar-refractivity contribution in [3.8, 4) is 11.3 Å². The third kappa shape index (κ3) is 3.08. The summed E-state index contributed by atoms with van der Waals surface area (Å²) in [4.78, 5) is 4.82. The Kier molecular flexibility index (Phi) is 4.44. The molecule has 1 saturated heterocycles. The van der Waals surface area contributed by atoms with Crippen LogP contribution < -0.4 is 5.32 Å². The Labute approximate surface area is 129 Å². The summed E-state index contributed by atoms with van der Waals surface area (Å²) in [6.45, 7) is 5.54. The van der Waals surface area contributed by atoms with Crippen LogP contribution in [-0.2, 0) is 0 Å². The van der Waals surface area contributed by atoms with Gasteiger partial charge in [-0.25, -0.2) is 4.98 Å². The lowest BCUT2D eigenvalue weighted by Gasteiger charge is -2.20. The molecule has 1 fully saturated rings. The third-order valence-corrected chi connectivity index (χ3v) is 5.64. The van der Waals surface area contributed by atoms with Crippen LogP contribution in [0.2, 0.25) is 0 Å². The SMILES string of the molecule is CC(C)c1ccc(-c2csc(C3CSCCN3)n2)cc1. The fraction of sp³-hybridized carbons (Fsp3) is 0.438. The molecule has 1 N–H and O–H groups in total. The Bertz CT molecular complexity index is 554. The van der Waals surface area contributed by atoms with Crippen molar-refractivity contribution in [3.63, 3.8) is 0 Å². The summed E-state index contributed by atoms with van der Waals surface area (Å²) >= 11 is 3.79. The predicted molar refractivity (Wildman–Crippen MR) is 89.7 cm³/mol. The smallest absolute Gasteiger partial charge is 0.111 e.